The monoisotopic (exact) mass is 337 g/mol. The molecule has 134 valence electrons. The van der Waals surface area contributed by atoms with Gasteiger partial charge in [0, 0.05) is 17.5 Å². The molecular weight excluding hydrogens is 310 g/mol. The first kappa shape index (κ1) is 18.4. The van der Waals surface area contributed by atoms with Crippen LogP contribution in [0.15, 0.2) is 12.1 Å². The van der Waals surface area contributed by atoms with Crippen molar-refractivity contribution in [2.45, 2.75) is 33.6 Å². The maximum atomic E-state index is 12.5. The SMILES string of the molecule is CCOc1cc(C(=O)NCC2(CO)CC2)cc(OCC)c1OCC. The minimum absolute atomic E-state index is 0.102. The number of carbonyl (C=O) groups excluding carboxylic acids is 1. The average Bonchev–Trinajstić information content (AvgIpc) is 3.36. The van der Waals surface area contributed by atoms with Crippen molar-refractivity contribution in [2.24, 2.45) is 5.41 Å². The lowest BCUT2D eigenvalue weighted by Gasteiger charge is -2.18. The van der Waals surface area contributed by atoms with Gasteiger partial charge in [0.05, 0.1) is 26.4 Å². The zero-order valence-corrected chi connectivity index (χ0v) is 14.7. The molecule has 0 saturated heterocycles. The predicted octanol–water partition coefficient (Wildman–Crippen LogP) is 2.38. The highest BCUT2D eigenvalue weighted by Crippen LogP contribution is 2.44. The maximum Gasteiger partial charge on any atom is 0.251 e. The van der Waals surface area contributed by atoms with E-state index in [-0.39, 0.29) is 17.9 Å². The molecule has 0 unspecified atom stereocenters. The fourth-order valence-corrected chi connectivity index (χ4v) is 2.46. The molecule has 1 fully saturated rings. The minimum Gasteiger partial charge on any atom is -0.490 e. The van der Waals surface area contributed by atoms with Crippen LogP contribution in [0.2, 0.25) is 0 Å². The van der Waals surface area contributed by atoms with E-state index in [1.165, 1.54) is 0 Å². The van der Waals surface area contributed by atoms with Crippen LogP contribution in [0.25, 0.3) is 0 Å². The molecule has 1 aromatic carbocycles. The molecule has 6 nitrogen and oxygen atoms in total. The molecule has 2 N–H and O–H groups in total. The Morgan fingerprint density at radius 1 is 1.08 bits per heavy atom. The van der Waals surface area contributed by atoms with Gasteiger partial charge in [0.15, 0.2) is 11.5 Å². The lowest BCUT2D eigenvalue weighted by Crippen LogP contribution is -2.31. The Morgan fingerprint density at radius 2 is 1.62 bits per heavy atom. The molecule has 1 aliphatic rings. The number of benzene rings is 1. The van der Waals surface area contributed by atoms with Gasteiger partial charge in [0.1, 0.15) is 0 Å². The Balaban J connectivity index is 2.22. The zero-order chi connectivity index (χ0) is 17.6. The molecule has 6 heteroatoms. The van der Waals surface area contributed by atoms with E-state index in [0.29, 0.717) is 49.2 Å². The van der Waals surface area contributed by atoms with Crippen LogP contribution < -0.4 is 19.5 Å². The van der Waals surface area contributed by atoms with Crippen molar-refractivity contribution in [3.05, 3.63) is 17.7 Å². The fourth-order valence-electron chi connectivity index (χ4n) is 2.46. The topological polar surface area (TPSA) is 77.0 Å². The number of hydrogen-bond donors (Lipinski definition) is 2. The molecule has 2 rings (SSSR count). The summed E-state index contributed by atoms with van der Waals surface area (Å²) in [7, 11) is 0. The Hall–Kier alpha value is -1.95. The Labute approximate surface area is 143 Å². The average molecular weight is 337 g/mol. The largest absolute Gasteiger partial charge is 0.490 e. The summed E-state index contributed by atoms with van der Waals surface area (Å²) in [4.78, 5) is 12.5. The third-order valence-corrected chi connectivity index (χ3v) is 4.09. The summed E-state index contributed by atoms with van der Waals surface area (Å²) in [5.74, 6) is 1.31. The lowest BCUT2D eigenvalue weighted by atomic mass is 10.1. The number of hydrogen-bond acceptors (Lipinski definition) is 5. The Morgan fingerprint density at radius 3 is 2.04 bits per heavy atom. The molecule has 1 aliphatic carbocycles. The highest BCUT2D eigenvalue weighted by Gasteiger charge is 2.42. The molecule has 0 spiro atoms. The van der Waals surface area contributed by atoms with E-state index >= 15 is 0 Å². The maximum absolute atomic E-state index is 12.5. The van der Waals surface area contributed by atoms with Crippen molar-refractivity contribution in [1.29, 1.82) is 0 Å². The highest BCUT2D eigenvalue weighted by molar-refractivity contribution is 5.95. The van der Waals surface area contributed by atoms with Gasteiger partial charge in [-0.05, 0) is 45.7 Å². The number of aliphatic hydroxyl groups is 1. The van der Waals surface area contributed by atoms with Crippen molar-refractivity contribution < 1.29 is 24.1 Å². The summed E-state index contributed by atoms with van der Waals surface area (Å²) >= 11 is 0. The molecule has 24 heavy (non-hydrogen) atoms. The van der Waals surface area contributed by atoms with E-state index in [1.54, 1.807) is 12.1 Å². The van der Waals surface area contributed by atoms with Crippen LogP contribution in [0.5, 0.6) is 17.2 Å². The molecule has 0 radical (unpaired) electrons. The molecule has 0 aliphatic heterocycles. The van der Waals surface area contributed by atoms with Crippen LogP contribution in [-0.2, 0) is 0 Å². The summed E-state index contributed by atoms with van der Waals surface area (Å²) in [6.45, 7) is 7.62. The van der Waals surface area contributed by atoms with Gasteiger partial charge in [0.2, 0.25) is 5.75 Å². The van der Waals surface area contributed by atoms with E-state index in [4.69, 9.17) is 14.2 Å². The van der Waals surface area contributed by atoms with Crippen LogP contribution in [0, 0.1) is 5.41 Å². The summed E-state index contributed by atoms with van der Waals surface area (Å²) < 4.78 is 16.9. The number of carbonyl (C=O) groups is 1. The van der Waals surface area contributed by atoms with Gasteiger partial charge in [-0.25, -0.2) is 0 Å². The molecule has 0 heterocycles. The lowest BCUT2D eigenvalue weighted by molar-refractivity contribution is 0.0934. The second kappa shape index (κ2) is 8.24. The van der Waals surface area contributed by atoms with Crippen molar-refractivity contribution >= 4 is 5.91 Å². The molecule has 0 aromatic heterocycles. The number of nitrogens with one attached hydrogen (secondary N) is 1. The minimum atomic E-state index is -0.209. The van der Waals surface area contributed by atoms with Crippen molar-refractivity contribution in [1.82, 2.24) is 5.32 Å². The zero-order valence-electron chi connectivity index (χ0n) is 14.7. The predicted molar refractivity (Wildman–Crippen MR) is 91.0 cm³/mol. The quantitative estimate of drug-likeness (QED) is 0.685. The van der Waals surface area contributed by atoms with Crippen LogP contribution in [0.3, 0.4) is 0 Å². The first-order valence-electron chi connectivity index (χ1n) is 8.54. The Bertz CT molecular complexity index is 542. The summed E-state index contributed by atoms with van der Waals surface area (Å²) in [6.07, 6.45) is 1.89. The number of amides is 1. The van der Waals surface area contributed by atoms with E-state index in [0.717, 1.165) is 12.8 Å². The van der Waals surface area contributed by atoms with Crippen LogP contribution in [-0.4, -0.2) is 44.0 Å². The van der Waals surface area contributed by atoms with E-state index in [9.17, 15) is 9.90 Å². The summed E-state index contributed by atoms with van der Waals surface area (Å²) in [5.41, 5.74) is 0.325. The van der Waals surface area contributed by atoms with Gasteiger partial charge < -0.3 is 24.6 Å². The second-order valence-electron chi connectivity index (χ2n) is 5.94. The highest BCUT2D eigenvalue weighted by atomic mass is 16.5. The van der Waals surface area contributed by atoms with E-state index < -0.39 is 0 Å². The van der Waals surface area contributed by atoms with E-state index in [2.05, 4.69) is 5.32 Å². The standard InChI is InChI=1S/C18H27NO5/c1-4-22-14-9-13(10-15(23-5-2)16(14)24-6-3)17(21)19-11-18(12-20)7-8-18/h9-10,20H,4-8,11-12H2,1-3H3,(H,19,21). The van der Waals surface area contributed by atoms with Gasteiger partial charge in [-0.1, -0.05) is 0 Å². The van der Waals surface area contributed by atoms with Crippen molar-refractivity contribution in [3.8, 4) is 17.2 Å². The van der Waals surface area contributed by atoms with Gasteiger partial charge in [-0.15, -0.1) is 0 Å². The normalized spacial score (nSPS) is 14.8. The smallest absolute Gasteiger partial charge is 0.251 e. The van der Waals surface area contributed by atoms with Crippen LogP contribution in [0.4, 0.5) is 0 Å². The third kappa shape index (κ3) is 4.32. The van der Waals surface area contributed by atoms with Crippen molar-refractivity contribution in [3.63, 3.8) is 0 Å². The van der Waals surface area contributed by atoms with Crippen LogP contribution >= 0.6 is 0 Å². The molecule has 0 bridgehead atoms. The second-order valence-corrected chi connectivity index (χ2v) is 5.94. The van der Waals surface area contributed by atoms with Crippen LogP contribution in [0.1, 0.15) is 44.0 Å². The van der Waals surface area contributed by atoms with Gasteiger partial charge >= 0.3 is 0 Å². The van der Waals surface area contributed by atoms with Gasteiger partial charge in [-0.3, -0.25) is 4.79 Å². The molecular formula is C18H27NO5. The summed E-state index contributed by atoms with van der Waals surface area (Å²) in [6, 6.07) is 3.34. The van der Waals surface area contributed by atoms with E-state index in [1.807, 2.05) is 20.8 Å². The fraction of sp³-hybridized carbons (Fsp3) is 0.611. The molecule has 1 amide bonds. The first-order chi connectivity index (χ1) is 11.6. The summed E-state index contributed by atoms with van der Waals surface area (Å²) in [5, 5.41) is 12.2. The molecule has 0 atom stereocenters. The number of ether oxygens (including phenoxy) is 3. The number of aliphatic hydroxyl groups excluding tert-OH is 1. The number of rotatable bonds is 10. The van der Waals surface area contributed by atoms with Gasteiger partial charge in [0.25, 0.3) is 5.91 Å². The third-order valence-electron chi connectivity index (χ3n) is 4.09. The Kier molecular flexibility index (Phi) is 6.31. The van der Waals surface area contributed by atoms with Gasteiger partial charge in [-0.2, -0.15) is 0 Å². The molecule has 1 aromatic rings. The molecule has 1 saturated carbocycles. The first-order valence-corrected chi connectivity index (χ1v) is 8.54. The van der Waals surface area contributed by atoms with Crippen molar-refractivity contribution in [2.75, 3.05) is 33.0 Å².